The molecule has 2 aromatic heterocycles. The summed E-state index contributed by atoms with van der Waals surface area (Å²) in [6.45, 7) is 2.24. The maximum atomic E-state index is 12.9. The molecule has 5 heterocycles. The molecule has 3 aliphatic heterocycles. The van der Waals surface area contributed by atoms with Gasteiger partial charge in [-0.05, 0) is 62.0 Å². The molecule has 6 rings (SSSR count). The van der Waals surface area contributed by atoms with Gasteiger partial charge < -0.3 is 9.73 Å². The van der Waals surface area contributed by atoms with Gasteiger partial charge in [-0.25, -0.2) is 0 Å². The van der Waals surface area contributed by atoms with Crippen LogP contribution >= 0.6 is 0 Å². The molecule has 0 saturated carbocycles. The van der Waals surface area contributed by atoms with E-state index in [2.05, 4.69) is 21.3 Å². The van der Waals surface area contributed by atoms with Crippen molar-refractivity contribution in [3.05, 3.63) is 66.2 Å². The number of carbonyl (C=O) groups excluding carboxylic acids is 1. The van der Waals surface area contributed by atoms with E-state index in [1.165, 1.54) is 5.56 Å². The minimum atomic E-state index is -3.67. The lowest BCUT2D eigenvalue weighted by atomic mass is 9.76. The topological polar surface area (TPSA) is 113 Å². The van der Waals surface area contributed by atoms with Crippen LogP contribution in [0.5, 0.6) is 0 Å². The van der Waals surface area contributed by atoms with Crippen molar-refractivity contribution in [2.24, 2.45) is 5.92 Å². The van der Waals surface area contributed by atoms with Crippen LogP contribution in [0.4, 0.5) is 0 Å². The Bertz CT molecular complexity index is 1130. The molecule has 8 nitrogen and oxygen atoms in total. The monoisotopic (exact) mass is 457 g/mol. The molecule has 0 spiro atoms. The van der Waals surface area contributed by atoms with Crippen molar-refractivity contribution < 1.29 is 22.2 Å². The predicted molar refractivity (Wildman–Crippen MR) is 121 cm³/mol. The Kier molecular flexibility index (Phi) is 6.59. The number of benzene rings is 1. The Morgan fingerprint density at radius 1 is 1.22 bits per heavy atom. The number of hydrogen-bond acceptors (Lipinski definition) is 6. The van der Waals surface area contributed by atoms with Crippen molar-refractivity contribution >= 4 is 27.0 Å². The van der Waals surface area contributed by atoms with Crippen LogP contribution < -0.4 is 5.32 Å². The molecular formula is C23H27N3O5S. The molecule has 170 valence electrons. The van der Waals surface area contributed by atoms with E-state index in [0.717, 1.165) is 43.3 Å². The maximum Gasteiger partial charge on any atom is 0.287 e. The molecular weight excluding hydrogens is 430 g/mol. The van der Waals surface area contributed by atoms with E-state index < -0.39 is 10.1 Å². The Morgan fingerprint density at radius 2 is 1.94 bits per heavy atom. The van der Waals surface area contributed by atoms with Gasteiger partial charge in [0.1, 0.15) is 5.58 Å². The Labute approximate surface area is 187 Å². The first kappa shape index (κ1) is 22.4. The van der Waals surface area contributed by atoms with E-state index in [4.69, 9.17) is 8.97 Å². The third-order valence-corrected chi connectivity index (χ3v) is 6.08. The van der Waals surface area contributed by atoms with E-state index in [9.17, 15) is 13.2 Å². The molecule has 3 aliphatic rings. The number of aromatic nitrogens is 1. The first-order chi connectivity index (χ1) is 15.3. The third kappa shape index (κ3) is 5.53. The lowest BCUT2D eigenvalue weighted by molar-refractivity contribution is 0.0131. The summed E-state index contributed by atoms with van der Waals surface area (Å²) in [5.74, 6) is 0.818. The largest absolute Gasteiger partial charge is 0.451 e. The molecule has 3 saturated heterocycles. The normalized spacial score (nSPS) is 24.6. The Hall–Kier alpha value is -2.75. The fraction of sp³-hybridized carbons (Fsp3) is 0.391. The van der Waals surface area contributed by atoms with Crippen molar-refractivity contribution in [1.82, 2.24) is 15.2 Å². The highest BCUT2D eigenvalue weighted by molar-refractivity contribution is 7.85. The average Bonchev–Trinajstić information content (AvgIpc) is 3.20. The van der Waals surface area contributed by atoms with Gasteiger partial charge in [0.05, 0.1) is 6.26 Å². The zero-order chi connectivity index (χ0) is 22.7. The summed E-state index contributed by atoms with van der Waals surface area (Å²) >= 11 is 0. The predicted octanol–water partition coefficient (Wildman–Crippen LogP) is 2.77. The minimum Gasteiger partial charge on any atom is -0.451 e. The lowest BCUT2D eigenvalue weighted by Crippen LogP contribution is -2.64. The van der Waals surface area contributed by atoms with Crippen LogP contribution in [0.15, 0.2) is 59.3 Å². The summed E-state index contributed by atoms with van der Waals surface area (Å²) in [5, 5.41) is 4.26. The van der Waals surface area contributed by atoms with Gasteiger partial charge in [0.25, 0.3) is 16.0 Å². The first-order valence-electron chi connectivity index (χ1n) is 10.6. The molecule has 32 heavy (non-hydrogen) atoms. The molecule has 3 aromatic rings. The van der Waals surface area contributed by atoms with Crippen molar-refractivity contribution in [3.63, 3.8) is 0 Å². The number of furan rings is 1. The number of nitrogens with zero attached hydrogens (tertiary/aromatic N) is 2. The molecule has 3 fully saturated rings. The van der Waals surface area contributed by atoms with E-state index in [1.807, 2.05) is 42.6 Å². The molecule has 0 aliphatic carbocycles. The van der Waals surface area contributed by atoms with Crippen LogP contribution in [0, 0.1) is 5.92 Å². The van der Waals surface area contributed by atoms with Crippen molar-refractivity contribution in [3.8, 4) is 0 Å². The number of nitrogens with one attached hydrogen (secondary N) is 1. The molecule has 1 amide bonds. The number of pyridine rings is 1. The molecule has 2 unspecified atom stereocenters. The second-order valence-electron chi connectivity index (χ2n) is 8.39. The minimum absolute atomic E-state index is 0.110. The van der Waals surface area contributed by atoms with Crippen LogP contribution in [0.3, 0.4) is 0 Å². The van der Waals surface area contributed by atoms with Gasteiger partial charge in [-0.2, -0.15) is 8.42 Å². The number of rotatable bonds is 4. The fourth-order valence-electron chi connectivity index (χ4n) is 4.70. The first-order valence-corrected chi connectivity index (χ1v) is 12.5. The van der Waals surface area contributed by atoms with Crippen molar-refractivity contribution in [2.45, 2.75) is 31.3 Å². The van der Waals surface area contributed by atoms with Crippen LogP contribution in [-0.2, 0) is 16.5 Å². The summed E-state index contributed by atoms with van der Waals surface area (Å²) < 4.78 is 31.6. The number of amides is 1. The van der Waals surface area contributed by atoms with Crippen LogP contribution in [0.25, 0.3) is 11.0 Å². The number of fused-ring (bicyclic) bond motifs is 4. The number of hydrogen-bond donors (Lipinski definition) is 2. The molecule has 0 radical (unpaired) electrons. The molecule has 2 atom stereocenters. The molecule has 2 bridgehead atoms. The van der Waals surface area contributed by atoms with Crippen molar-refractivity contribution in [2.75, 3.05) is 19.3 Å². The summed E-state index contributed by atoms with van der Waals surface area (Å²) in [6.07, 6.45) is 7.66. The number of piperidine rings is 3. The maximum absolute atomic E-state index is 12.9. The van der Waals surface area contributed by atoms with Gasteiger partial charge in [-0.15, -0.1) is 0 Å². The zero-order valence-corrected chi connectivity index (χ0v) is 18.7. The van der Waals surface area contributed by atoms with Gasteiger partial charge in [0, 0.05) is 29.9 Å². The number of carbonyl (C=O) groups is 1. The standard InChI is InChI=1S/C22H23N3O2.CH4O3S/c26-22(20-13-17-5-1-2-6-19(17)27-20)24-21-16-7-10-25(11-8-16)18(21)12-15-4-3-9-23-14-15;1-5(2,3)4/h1-6,9,13-14,16,18,21H,7-8,10-12H2,(H,24,26);1H3,(H,2,3,4). The molecule has 2 N–H and O–H groups in total. The SMILES string of the molecule is CS(=O)(=O)O.O=C(NC1C2CCN(CC2)C1Cc1cccnc1)c1cc2ccccc2o1. The summed E-state index contributed by atoms with van der Waals surface area (Å²) in [6, 6.07) is 14.1. The second kappa shape index (κ2) is 9.40. The van der Waals surface area contributed by atoms with Crippen LogP contribution in [0.1, 0.15) is 29.0 Å². The van der Waals surface area contributed by atoms with E-state index in [0.29, 0.717) is 24.0 Å². The summed E-state index contributed by atoms with van der Waals surface area (Å²) in [5.41, 5.74) is 1.97. The smallest absolute Gasteiger partial charge is 0.287 e. The zero-order valence-electron chi connectivity index (χ0n) is 17.8. The van der Waals surface area contributed by atoms with Gasteiger partial charge in [0.2, 0.25) is 0 Å². The van der Waals surface area contributed by atoms with Gasteiger partial charge in [-0.3, -0.25) is 19.2 Å². The van der Waals surface area contributed by atoms with E-state index in [-0.39, 0.29) is 11.9 Å². The average molecular weight is 458 g/mol. The van der Waals surface area contributed by atoms with Gasteiger partial charge in [-0.1, -0.05) is 24.3 Å². The molecule has 1 aromatic carbocycles. The number of para-hydroxylation sites is 1. The van der Waals surface area contributed by atoms with Gasteiger partial charge >= 0.3 is 0 Å². The summed E-state index contributed by atoms with van der Waals surface area (Å²) in [4.78, 5) is 19.7. The van der Waals surface area contributed by atoms with Crippen molar-refractivity contribution in [1.29, 1.82) is 0 Å². The highest BCUT2D eigenvalue weighted by Gasteiger charge is 2.43. The Balaban J connectivity index is 0.000000444. The lowest BCUT2D eigenvalue weighted by Gasteiger charge is -2.51. The highest BCUT2D eigenvalue weighted by atomic mass is 32.2. The molecule has 9 heteroatoms. The third-order valence-electron chi connectivity index (χ3n) is 6.08. The summed E-state index contributed by atoms with van der Waals surface area (Å²) in [7, 11) is -3.67. The highest BCUT2D eigenvalue weighted by Crippen LogP contribution is 2.34. The second-order valence-corrected chi connectivity index (χ2v) is 9.85. The fourth-order valence-corrected chi connectivity index (χ4v) is 4.70. The van der Waals surface area contributed by atoms with E-state index in [1.54, 1.807) is 6.20 Å². The quantitative estimate of drug-likeness (QED) is 0.579. The van der Waals surface area contributed by atoms with E-state index >= 15 is 0 Å². The Morgan fingerprint density at radius 3 is 2.59 bits per heavy atom. The van der Waals surface area contributed by atoms with Crippen LogP contribution in [-0.4, -0.2) is 60.2 Å². The van der Waals surface area contributed by atoms with Gasteiger partial charge in [0.15, 0.2) is 5.76 Å². The van der Waals surface area contributed by atoms with Crippen LogP contribution in [0.2, 0.25) is 0 Å².